The van der Waals surface area contributed by atoms with E-state index in [1.165, 1.54) is 0 Å². The number of amides is 3. The van der Waals surface area contributed by atoms with Crippen LogP contribution >= 0.6 is 0 Å². The van der Waals surface area contributed by atoms with E-state index in [-0.39, 0.29) is 18.5 Å². The van der Waals surface area contributed by atoms with E-state index in [0.717, 1.165) is 16.3 Å². The molecular weight excluding hydrogens is 344 g/mol. The quantitative estimate of drug-likeness (QED) is 0.783. The molecule has 140 valence electrons. The van der Waals surface area contributed by atoms with E-state index in [2.05, 4.69) is 10.6 Å². The van der Waals surface area contributed by atoms with E-state index >= 15 is 0 Å². The molecule has 3 amide bonds. The molecule has 0 radical (unpaired) electrons. The number of hydrogen-bond donors (Lipinski definition) is 2. The monoisotopic (exact) mass is 366 g/mol. The van der Waals surface area contributed by atoms with Crippen LogP contribution in [0.25, 0.3) is 10.8 Å². The molecule has 1 atom stereocenters. The number of rotatable bonds is 5. The number of urea groups is 1. The van der Waals surface area contributed by atoms with Gasteiger partial charge in [-0.2, -0.15) is 5.26 Å². The Morgan fingerprint density at radius 3 is 2.63 bits per heavy atom. The van der Waals surface area contributed by atoms with Gasteiger partial charge in [0.2, 0.25) is 5.91 Å². The van der Waals surface area contributed by atoms with Crippen LogP contribution in [0.15, 0.2) is 42.5 Å². The maximum atomic E-state index is 12.5. The molecule has 0 saturated carbocycles. The molecule has 2 aromatic rings. The number of benzene rings is 2. The van der Waals surface area contributed by atoms with Gasteiger partial charge in [-0.05, 0) is 16.3 Å². The van der Waals surface area contributed by atoms with Gasteiger partial charge in [0.1, 0.15) is 12.6 Å². The van der Waals surface area contributed by atoms with Crippen molar-refractivity contribution in [2.45, 2.75) is 12.5 Å². The van der Waals surface area contributed by atoms with Crippen molar-refractivity contribution in [1.29, 1.82) is 5.26 Å². The zero-order valence-corrected chi connectivity index (χ0v) is 15.0. The van der Waals surface area contributed by atoms with Crippen LogP contribution in [0.2, 0.25) is 0 Å². The number of carbonyl (C=O) groups excluding carboxylic acids is 2. The summed E-state index contributed by atoms with van der Waals surface area (Å²) in [5, 5.41) is 16.2. The molecule has 0 spiro atoms. The molecule has 2 aromatic carbocycles. The summed E-state index contributed by atoms with van der Waals surface area (Å²) in [6.07, 6.45) is 0.345. The number of hydrogen-bond acceptors (Lipinski definition) is 4. The summed E-state index contributed by atoms with van der Waals surface area (Å²) in [6, 6.07) is 14.8. The lowest BCUT2D eigenvalue weighted by Crippen LogP contribution is -2.54. The Labute approximate surface area is 157 Å². The predicted octanol–water partition coefficient (Wildman–Crippen LogP) is 1.43. The van der Waals surface area contributed by atoms with Crippen molar-refractivity contribution in [2.24, 2.45) is 0 Å². The SMILES string of the molecule is N#CCNC(=O)[C@H](Cc1ccc2ccccc2c1)NC(=O)N1CCOCC1. The number of nitriles is 1. The van der Waals surface area contributed by atoms with E-state index in [1.54, 1.807) is 4.90 Å². The largest absolute Gasteiger partial charge is 0.378 e. The highest BCUT2D eigenvalue weighted by molar-refractivity contribution is 5.88. The third-order valence-electron chi connectivity index (χ3n) is 4.51. The lowest BCUT2D eigenvalue weighted by Gasteiger charge is -2.29. The molecule has 2 N–H and O–H groups in total. The van der Waals surface area contributed by atoms with E-state index in [9.17, 15) is 9.59 Å². The summed E-state index contributed by atoms with van der Waals surface area (Å²) in [4.78, 5) is 26.6. The van der Waals surface area contributed by atoms with Gasteiger partial charge in [0.05, 0.1) is 19.3 Å². The Hall–Kier alpha value is -3.11. The van der Waals surface area contributed by atoms with E-state index in [1.807, 2.05) is 48.5 Å². The van der Waals surface area contributed by atoms with Crippen molar-refractivity contribution < 1.29 is 14.3 Å². The van der Waals surface area contributed by atoms with Crippen LogP contribution in [0, 0.1) is 11.3 Å². The summed E-state index contributed by atoms with van der Waals surface area (Å²) in [7, 11) is 0. The first kappa shape index (κ1) is 18.7. The Balaban J connectivity index is 1.74. The smallest absolute Gasteiger partial charge is 0.318 e. The van der Waals surface area contributed by atoms with Gasteiger partial charge >= 0.3 is 6.03 Å². The maximum absolute atomic E-state index is 12.5. The number of ether oxygens (including phenoxy) is 1. The molecule has 1 aliphatic heterocycles. The fourth-order valence-electron chi connectivity index (χ4n) is 3.07. The van der Waals surface area contributed by atoms with Gasteiger partial charge in [-0.3, -0.25) is 4.79 Å². The Bertz CT molecular complexity index is 856. The molecule has 7 nitrogen and oxygen atoms in total. The third-order valence-corrected chi connectivity index (χ3v) is 4.51. The van der Waals surface area contributed by atoms with E-state index < -0.39 is 6.04 Å². The van der Waals surface area contributed by atoms with Gasteiger partial charge in [-0.25, -0.2) is 4.79 Å². The second-order valence-electron chi connectivity index (χ2n) is 6.36. The number of nitrogens with one attached hydrogen (secondary N) is 2. The first-order valence-electron chi connectivity index (χ1n) is 8.93. The molecule has 1 heterocycles. The number of fused-ring (bicyclic) bond motifs is 1. The zero-order chi connectivity index (χ0) is 19.1. The van der Waals surface area contributed by atoms with Gasteiger partial charge in [0, 0.05) is 19.5 Å². The Kier molecular flexibility index (Phi) is 6.23. The standard InChI is InChI=1S/C20H22N4O3/c21-7-8-22-19(25)18(23-20(26)24-9-11-27-12-10-24)14-15-5-6-16-3-1-2-4-17(16)13-15/h1-6,13,18H,8-12,14H2,(H,22,25)(H,23,26)/t18-/m0/s1. The normalized spacial score (nSPS) is 15.0. The Morgan fingerprint density at radius 2 is 1.89 bits per heavy atom. The molecule has 0 bridgehead atoms. The lowest BCUT2D eigenvalue weighted by atomic mass is 10.0. The number of morpholine rings is 1. The van der Waals surface area contributed by atoms with Crippen LogP contribution in [-0.4, -0.2) is 55.7 Å². The minimum Gasteiger partial charge on any atom is -0.378 e. The fourth-order valence-corrected chi connectivity index (χ4v) is 3.07. The summed E-state index contributed by atoms with van der Waals surface area (Å²) in [5.41, 5.74) is 0.938. The van der Waals surface area contributed by atoms with Gasteiger partial charge in [-0.1, -0.05) is 42.5 Å². The summed E-state index contributed by atoms with van der Waals surface area (Å²) >= 11 is 0. The molecule has 0 aromatic heterocycles. The van der Waals surface area contributed by atoms with Crippen LogP contribution in [0.4, 0.5) is 4.79 Å². The minimum atomic E-state index is -0.755. The minimum absolute atomic E-state index is 0.0967. The second-order valence-corrected chi connectivity index (χ2v) is 6.36. The average molecular weight is 366 g/mol. The maximum Gasteiger partial charge on any atom is 0.318 e. The number of carbonyl (C=O) groups is 2. The average Bonchev–Trinajstić information content (AvgIpc) is 2.72. The van der Waals surface area contributed by atoms with Crippen molar-refractivity contribution in [3.63, 3.8) is 0 Å². The highest BCUT2D eigenvalue weighted by Gasteiger charge is 2.25. The molecule has 27 heavy (non-hydrogen) atoms. The zero-order valence-electron chi connectivity index (χ0n) is 15.0. The number of nitrogens with zero attached hydrogens (tertiary/aromatic N) is 2. The highest BCUT2D eigenvalue weighted by Crippen LogP contribution is 2.17. The van der Waals surface area contributed by atoms with Gasteiger partial charge in [0.25, 0.3) is 0 Å². The van der Waals surface area contributed by atoms with Crippen molar-refractivity contribution >= 4 is 22.7 Å². The summed E-state index contributed by atoms with van der Waals surface area (Å²) in [6.45, 7) is 1.87. The molecule has 3 rings (SSSR count). The molecule has 1 saturated heterocycles. The van der Waals surface area contributed by atoms with Crippen molar-refractivity contribution in [2.75, 3.05) is 32.8 Å². The topological polar surface area (TPSA) is 94.5 Å². The van der Waals surface area contributed by atoms with E-state index in [4.69, 9.17) is 10.00 Å². The summed E-state index contributed by atoms with van der Waals surface area (Å²) < 4.78 is 5.25. The molecule has 0 aliphatic carbocycles. The van der Waals surface area contributed by atoms with Gasteiger partial charge < -0.3 is 20.3 Å². The van der Waals surface area contributed by atoms with Crippen LogP contribution in [0.1, 0.15) is 5.56 Å². The van der Waals surface area contributed by atoms with Crippen molar-refractivity contribution in [3.05, 3.63) is 48.0 Å². The second kappa shape index (κ2) is 9.01. The molecular formula is C20H22N4O3. The molecule has 7 heteroatoms. The van der Waals surface area contributed by atoms with Crippen molar-refractivity contribution in [1.82, 2.24) is 15.5 Å². The summed E-state index contributed by atoms with van der Waals surface area (Å²) in [5.74, 6) is -0.369. The van der Waals surface area contributed by atoms with Crippen molar-refractivity contribution in [3.8, 4) is 6.07 Å². The Morgan fingerprint density at radius 1 is 1.15 bits per heavy atom. The van der Waals surface area contributed by atoms with Crippen LogP contribution in [0.5, 0.6) is 0 Å². The molecule has 1 aliphatic rings. The van der Waals surface area contributed by atoms with Gasteiger partial charge in [0.15, 0.2) is 0 Å². The van der Waals surface area contributed by atoms with Crippen LogP contribution in [-0.2, 0) is 16.0 Å². The third kappa shape index (κ3) is 4.96. The molecule has 0 unspecified atom stereocenters. The molecule has 1 fully saturated rings. The van der Waals surface area contributed by atoms with Crippen LogP contribution < -0.4 is 10.6 Å². The first-order valence-corrected chi connectivity index (χ1v) is 8.93. The van der Waals surface area contributed by atoms with E-state index in [0.29, 0.717) is 32.7 Å². The first-order chi connectivity index (χ1) is 13.2. The lowest BCUT2D eigenvalue weighted by molar-refractivity contribution is -0.122. The highest BCUT2D eigenvalue weighted by atomic mass is 16.5. The fraction of sp³-hybridized carbons (Fsp3) is 0.350. The van der Waals surface area contributed by atoms with Crippen LogP contribution in [0.3, 0.4) is 0 Å². The predicted molar refractivity (Wildman–Crippen MR) is 101 cm³/mol. The van der Waals surface area contributed by atoms with Gasteiger partial charge in [-0.15, -0.1) is 0 Å².